The predicted molar refractivity (Wildman–Crippen MR) is 77.9 cm³/mol. The van der Waals surface area contributed by atoms with Crippen LogP contribution in [0.25, 0.3) is 10.8 Å². The molecule has 0 unspecified atom stereocenters. The number of aromatic nitrogens is 1. The Morgan fingerprint density at radius 3 is 2.67 bits per heavy atom. The first-order valence-electron chi connectivity index (χ1n) is 6.16. The van der Waals surface area contributed by atoms with Gasteiger partial charge in [-0.05, 0) is 12.5 Å². The number of fused-ring (bicyclic) bond motifs is 2. The third kappa shape index (κ3) is 1.63. The molecular formula is C14H16N2OS. The van der Waals surface area contributed by atoms with Crippen LogP contribution in [0.15, 0.2) is 34.1 Å². The van der Waals surface area contributed by atoms with Gasteiger partial charge in [-0.2, -0.15) is 0 Å². The van der Waals surface area contributed by atoms with Crippen molar-refractivity contribution in [1.82, 2.24) is 4.57 Å². The molecule has 0 aliphatic carbocycles. The van der Waals surface area contributed by atoms with Gasteiger partial charge < -0.3 is 9.47 Å². The van der Waals surface area contributed by atoms with Crippen molar-refractivity contribution in [2.45, 2.75) is 18.0 Å². The summed E-state index contributed by atoms with van der Waals surface area (Å²) in [6.45, 7) is 0.840. The molecule has 3 nitrogen and oxygen atoms in total. The highest BCUT2D eigenvalue weighted by Gasteiger charge is 2.20. The van der Waals surface area contributed by atoms with Gasteiger partial charge in [0.15, 0.2) is 0 Å². The lowest BCUT2D eigenvalue weighted by atomic mass is 10.1. The fourth-order valence-corrected chi connectivity index (χ4v) is 3.76. The van der Waals surface area contributed by atoms with Gasteiger partial charge in [-0.25, -0.2) is 0 Å². The normalized spacial score (nSPS) is 14.6. The molecule has 1 aliphatic rings. The van der Waals surface area contributed by atoms with E-state index in [0.29, 0.717) is 0 Å². The van der Waals surface area contributed by atoms with Crippen LogP contribution in [-0.4, -0.2) is 24.4 Å². The SMILES string of the molecule is CN(C)c1c2n(c(=O)c3ccccc13)CCCS2. The van der Waals surface area contributed by atoms with Crippen molar-refractivity contribution in [3.8, 4) is 0 Å². The molecule has 0 N–H and O–H groups in total. The molecule has 0 amide bonds. The van der Waals surface area contributed by atoms with Crippen molar-refractivity contribution in [2.75, 3.05) is 24.7 Å². The lowest BCUT2D eigenvalue weighted by Crippen LogP contribution is -2.27. The molecule has 0 fully saturated rings. The average Bonchev–Trinajstić information content (AvgIpc) is 2.39. The van der Waals surface area contributed by atoms with E-state index < -0.39 is 0 Å². The number of nitrogens with zero attached hydrogens (tertiary/aromatic N) is 2. The second-order valence-corrected chi connectivity index (χ2v) is 5.84. The Labute approximate surface area is 110 Å². The van der Waals surface area contributed by atoms with Crippen LogP contribution in [0.4, 0.5) is 5.69 Å². The van der Waals surface area contributed by atoms with Crippen LogP contribution in [0.2, 0.25) is 0 Å². The number of thioether (sulfide) groups is 1. The summed E-state index contributed by atoms with van der Waals surface area (Å²) in [5.74, 6) is 1.10. The maximum atomic E-state index is 12.5. The molecule has 3 rings (SSSR count). The fraction of sp³-hybridized carbons (Fsp3) is 0.357. The molecule has 2 aromatic rings. The number of rotatable bonds is 1. The van der Waals surface area contributed by atoms with E-state index >= 15 is 0 Å². The fourth-order valence-electron chi connectivity index (χ4n) is 2.53. The van der Waals surface area contributed by atoms with Gasteiger partial charge in [0.25, 0.3) is 5.56 Å². The van der Waals surface area contributed by atoms with E-state index in [0.717, 1.165) is 34.5 Å². The predicted octanol–water partition coefficient (Wildman–Crippen LogP) is 2.56. The molecule has 1 aromatic heterocycles. The van der Waals surface area contributed by atoms with Crippen LogP contribution in [-0.2, 0) is 6.54 Å². The monoisotopic (exact) mass is 260 g/mol. The lowest BCUT2D eigenvalue weighted by Gasteiger charge is -2.26. The Hall–Kier alpha value is -1.42. The van der Waals surface area contributed by atoms with Gasteiger partial charge in [-0.3, -0.25) is 4.79 Å². The Morgan fingerprint density at radius 1 is 1.22 bits per heavy atom. The third-order valence-electron chi connectivity index (χ3n) is 3.32. The number of pyridine rings is 1. The summed E-state index contributed by atoms with van der Waals surface area (Å²) < 4.78 is 1.94. The van der Waals surface area contributed by atoms with Crippen molar-refractivity contribution in [3.05, 3.63) is 34.6 Å². The first-order valence-corrected chi connectivity index (χ1v) is 7.14. The highest BCUT2D eigenvalue weighted by Crippen LogP contribution is 2.36. The van der Waals surface area contributed by atoms with Crippen LogP contribution in [0, 0.1) is 0 Å². The minimum Gasteiger partial charge on any atom is -0.375 e. The minimum absolute atomic E-state index is 0.151. The van der Waals surface area contributed by atoms with Gasteiger partial charge in [-0.1, -0.05) is 18.2 Å². The topological polar surface area (TPSA) is 25.2 Å². The van der Waals surface area contributed by atoms with Gasteiger partial charge in [-0.15, -0.1) is 11.8 Å². The summed E-state index contributed by atoms with van der Waals surface area (Å²) >= 11 is 1.79. The van der Waals surface area contributed by atoms with Crippen molar-refractivity contribution in [1.29, 1.82) is 0 Å². The van der Waals surface area contributed by atoms with Crippen molar-refractivity contribution >= 4 is 28.2 Å². The minimum atomic E-state index is 0.151. The zero-order valence-corrected chi connectivity index (χ0v) is 11.5. The van der Waals surface area contributed by atoms with E-state index in [1.54, 1.807) is 11.8 Å². The zero-order valence-electron chi connectivity index (χ0n) is 10.6. The Balaban J connectivity index is 2.48. The van der Waals surface area contributed by atoms with Crippen LogP contribution >= 0.6 is 11.8 Å². The first-order chi connectivity index (χ1) is 8.70. The quantitative estimate of drug-likeness (QED) is 0.788. The molecule has 4 heteroatoms. The summed E-state index contributed by atoms with van der Waals surface area (Å²) in [5, 5.41) is 3.01. The second kappa shape index (κ2) is 4.35. The summed E-state index contributed by atoms with van der Waals surface area (Å²) in [4.78, 5) is 14.6. The van der Waals surface area contributed by atoms with Gasteiger partial charge in [0, 0.05) is 37.2 Å². The third-order valence-corrected chi connectivity index (χ3v) is 4.50. The van der Waals surface area contributed by atoms with Crippen LogP contribution in [0.1, 0.15) is 6.42 Å². The zero-order chi connectivity index (χ0) is 12.7. The highest BCUT2D eigenvalue weighted by molar-refractivity contribution is 7.99. The molecule has 0 saturated carbocycles. The van der Waals surface area contributed by atoms with E-state index in [1.807, 2.05) is 42.9 Å². The summed E-state index contributed by atoms with van der Waals surface area (Å²) in [5.41, 5.74) is 1.33. The molecular weight excluding hydrogens is 244 g/mol. The van der Waals surface area contributed by atoms with Crippen molar-refractivity contribution < 1.29 is 0 Å². The Bertz CT molecular complexity index is 661. The van der Waals surface area contributed by atoms with E-state index in [2.05, 4.69) is 4.90 Å². The molecule has 94 valence electrons. The molecule has 0 saturated heterocycles. The van der Waals surface area contributed by atoms with E-state index in [-0.39, 0.29) is 5.56 Å². The van der Waals surface area contributed by atoms with E-state index in [4.69, 9.17) is 0 Å². The largest absolute Gasteiger partial charge is 0.375 e. The molecule has 0 spiro atoms. The van der Waals surface area contributed by atoms with E-state index in [9.17, 15) is 4.79 Å². The van der Waals surface area contributed by atoms with Gasteiger partial charge >= 0.3 is 0 Å². The molecule has 2 heterocycles. The lowest BCUT2D eigenvalue weighted by molar-refractivity contribution is 0.596. The summed E-state index contributed by atoms with van der Waals surface area (Å²) in [7, 11) is 4.09. The van der Waals surface area contributed by atoms with Gasteiger partial charge in [0.05, 0.1) is 5.69 Å². The molecule has 0 atom stereocenters. The molecule has 0 radical (unpaired) electrons. The van der Waals surface area contributed by atoms with Crippen LogP contribution in [0.3, 0.4) is 0 Å². The number of anilines is 1. The van der Waals surface area contributed by atoms with Gasteiger partial charge in [0.2, 0.25) is 0 Å². The average molecular weight is 260 g/mol. The maximum absolute atomic E-state index is 12.5. The summed E-state index contributed by atoms with van der Waals surface area (Å²) in [6.07, 6.45) is 1.07. The molecule has 1 aromatic carbocycles. The van der Waals surface area contributed by atoms with Gasteiger partial charge in [0.1, 0.15) is 5.03 Å². The van der Waals surface area contributed by atoms with Crippen molar-refractivity contribution in [2.24, 2.45) is 0 Å². The second-order valence-electron chi connectivity index (χ2n) is 4.75. The smallest absolute Gasteiger partial charge is 0.259 e. The molecule has 18 heavy (non-hydrogen) atoms. The highest BCUT2D eigenvalue weighted by atomic mass is 32.2. The van der Waals surface area contributed by atoms with Crippen LogP contribution in [0.5, 0.6) is 0 Å². The van der Waals surface area contributed by atoms with Crippen molar-refractivity contribution in [3.63, 3.8) is 0 Å². The van der Waals surface area contributed by atoms with E-state index in [1.165, 1.54) is 5.69 Å². The van der Waals surface area contributed by atoms with Crippen LogP contribution < -0.4 is 10.5 Å². The molecule has 1 aliphatic heterocycles. The number of benzene rings is 1. The summed E-state index contributed by atoms with van der Waals surface area (Å²) in [6, 6.07) is 7.91. The maximum Gasteiger partial charge on any atom is 0.259 e. The Kier molecular flexibility index (Phi) is 2.82. The standard InChI is InChI=1S/C14H16N2OS/c1-15(2)12-10-6-3-4-7-11(10)13(17)16-8-5-9-18-14(12)16/h3-4,6-7H,5,8-9H2,1-2H3. The number of hydrogen-bond donors (Lipinski definition) is 0. The number of hydrogen-bond acceptors (Lipinski definition) is 3. The first kappa shape index (κ1) is 11.7. The molecule has 0 bridgehead atoms. The Morgan fingerprint density at radius 2 is 1.94 bits per heavy atom.